The van der Waals surface area contributed by atoms with Crippen LogP contribution in [-0.2, 0) is 21.2 Å². The van der Waals surface area contributed by atoms with E-state index in [2.05, 4.69) is 15.4 Å². The molecule has 0 radical (unpaired) electrons. The number of nitrogens with zero attached hydrogens (tertiary/aromatic N) is 5. The van der Waals surface area contributed by atoms with E-state index in [4.69, 9.17) is 0 Å². The van der Waals surface area contributed by atoms with Gasteiger partial charge in [0.05, 0.1) is 11.5 Å². The Morgan fingerprint density at radius 2 is 2.08 bits per heavy atom. The SMILES string of the molecule is CN(C(=O)Cn1nnc(-c2ccc(F)cc2)n1)[C@H]1CCS(=O)(=O)C1. The van der Waals surface area contributed by atoms with Gasteiger partial charge >= 0.3 is 0 Å². The number of hydrogen-bond donors (Lipinski definition) is 0. The summed E-state index contributed by atoms with van der Waals surface area (Å²) < 4.78 is 35.9. The topological polar surface area (TPSA) is 98.1 Å². The molecule has 1 amide bonds. The van der Waals surface area contributed by atoms with E-state index in [0.29, 0.717) is 12.0 Å². The van der Waals surface area contributed by atoms with Gasteiger partial charge in [-0.05, 0) is 35.9 Å². The maximum atomic E-state index is 12.9. The van der Waals surface area contributed by atoms with Gasteiger partial charge in [0.25, 0.3) is 0 Å². The minimum atomic E-state index is -3.06. The Morgan fingerprint density at radius 1 is 1.38 bits per heavy atom. The number of amides is 1. The van der Waals surface area contributed by atoms with E-state index in [1.165, 1.54) is 29.2 Å². The van der Waals surface area contributed by atoms with E-state index >= 15 is 0 Å². The first-order valence-corrected chi connectivity index (χ1v) is 9.16. The number of carbonyl (C=O) groups is 1. The predicted octanol–water partition coefficient (Wildman–Crippen LogP) is 0.125. The molecule has 2 aromatic rings. The summed E-state index contributed by atoms with van der Waals surface area (Å²) in [6, 6.07) is 5.30. The summed E-state index contributed by atoms with van der Waals surface area (Å²) in [6.07, 6.45) is 0.441. The van der Waals surface area contributed by atoms with Gasteiger partial charge in [-0.2, -0.15) is 4.80 Å². The number of rotatable bonds is 4. The number of halogens is 1. The Hall–Kier alpha value is -2.36. The summed E-state index contributed by atoms with van der Waals surface area (Å²) in [5, 5.41) is 11.7. The van der Waals surface area contributed by atoms with E-state index < -0.39 is 9.84 Å². The third-order valence-electron chi connectivity index (χ3n) is 3.98. The average molecular weight is 353 g/mol. The summed E-state index contributed by atoms with van der Waals surface area (Å²) in [7, 11) is -1.48. The number of sulfone groups is 1. The number of aromatic nitrogens is 4. The Labute approximate surface area is 138 Å². The summed E-state index contributed by atoms with van der Waals surface area (Å²) in [5.41, 5.74) is 0.588. The normalized spacial score (nSPS) is 19.3. The number of hydrogen-bond acceptors (Lipinski definition) is 6. The minimum Gasteiger partial charge on any atom is -0.340 e. The standard InChI is InChI=1S/C14H16FN5O3S/c1-19(12-6-7-24(22,23)9-12)13(21)8-20-17-14(16-18-20)10-2-4-11(15)5-3-10/h2-5,12H,6-9H2,1H3/t12-/m0/s1. The van der Waals surface area contributed by atoms with Crippen molar-refractivity contribution in [2.45, 2.75) is 19.0 Å². The Balaban J connectivity index is 1.66. The molecule has 128 valence electrons. The van der Waals surface area contributed by atoms with Crippen molar-refractivity contribution in [1.82, 2.24) is 25.1 Å². The summed E-state index contributed by atoms with van der Waals surface area (Å²) >= 11 is 0. The highest BCUT2D eigenvalue weighted by atomic mass is 32.2. The Morgan fingerprint density at radius 3 is 2.71 bits per heavy atom. The van der Waals surface area contributed by atoms with Crippen LogP contribution in [0.25, 0.3) is 11.4 Å². The van der Waals surface area contributed by atoms with Crippen molar-refractivity contribution in [3.05, 3.63) is 30.1 Å². The monoisotopic (exact) mass is 353 g/mol. The first-order chi connectivity index (χ1) is 11.3. The molecule has 0 aliphatic carbocycles. The lowest BCUT2D eigenvalue weighted by Crippen LogP contribution is -2.40. The van der Waals surface area contributed by atoms with Crippen LogP contribution in [0.2, 0.25) is 0 Å². The number of carbonyl (C=O) groups excluding carboxylic acids is 1. The lowest BCUT2D eigenvalue weighted by atomic mass is 10.2. The average Bonchev–Trinajstić information content (AvgIpc) is 3.13. The van der Waals surface area contributed by atoms with Crippen molar-refractivity contribution < 1.29 is 17.6 Å². The van der Waals surface area contributed by atoms with Crippen LogP contribution in [0.15, 0.2) is 24.3 Å². The highest BCUT2D eigenvalue weighted by molar-refractivity contribution is 7.91. The third kappa shape index (κ3) is 3.58. The maximum absolute atomic E-state index is 12.9. The molecular weight excluding hydrogens is 337 g/mol. The molecule has 8 nitrogen and oxygen atoms in total. The molecule has 10 heteroatoms. The van der Waals surface area contributed by atoms with Gasteiger partial charge in [-0.3, -0.25) is 4.79 Å². The molecular formula is C14H16FN5O3S. The second-order valence-electron chi connectivity index (χ2n) is 5.71. The molecule has 1 saturated heterocycles. The van der Waals surface area contributed by atoms with Gasteiger partial charge < -0.3 is 4.90 Å². The van der Waals surface area contributed by atoms with Gasteiger partial charge in [0.1, 0.15) is 12.4 Å². The molecule has 0 N–H and O–H groups in total. The van der Waals surface area contributed by atoms with Crippen LogP contribution in [-0.4, -0.2) is 64.0 Å². The predicted molar refractivity (Wildman–Crippen MR) is 83.0 cm³/mol. The molecule has 2 heterocycles. The molecule has 1 aliphatic heterocycles. The second-order valence-corrected chi connectivity index (χ2v) is 7.94. The van der Waals surface area contributed by atoms with Crippen LogP contribution < -0.4 is 0 Å². The number of benzene rings is 1. The lowest BCUT2D eigenvalue weighted by Gasteiger charge is -2.22. The van der Waals surface area contributed by atoms with E-state index in [0.717, 1.165) is 4.80 Å². The van der Waals surface area contributed by atoms with Gasteiger partial charge in [-0.25, -0.2) is 12.8 Å². The molecule has 0 unspecified atom stereocenters. The van der Waals surface area contributed by atoms with E-state index in [-0.39, 0.29) is 41.6 Å². The van der Waals surface area contributed by atoms with Crippen molar-refractivity contribution in [1.29, 1.82) is 0 Å². The zero-order valence-electron chi connectivity index (χ0n) is 13.0. The van der Waals surface area contributed by atoms with Gasteiger partial charge in [0.15, 0.2) is 9.84 Å². The van der Waals surface area contributed by atoms with Crippen LogP contribution in [0.4, 0.5) is 4.39 Å². The van der Waals surface area contributed by atoms with Crippen LogP contribution in [0, 0.1) is 5.82 Å². The summed E-state index contributed by atoms with van der Waals surface area (Å²) in [5.74, 6) is -0.282. The van der Waals surface area contributed by atoms with Crippen molar-refractivity contribution >= 4 is 15.7 Å². The van der Waals surface area contributed by atoms with Crippen molar-refractivity contribution in [2.75, 3.05) is 18.6 Å². The van der Waals surface area contributed by atoms with Crippen LogP contribution in [0.3, 0.4) is 0 Å². The fourth-order valence-electron chi connectivity index (χ4n) is 2.54. The van der Waals surface area contributed by atoms with E-state index in [1.807, 2.05) is 0 Å². The van der Waals surface area contributed by atoms with Gasteiger partial charge in [-0.1, -0.05) is 0 Å². The fraction of sp³-hybridized carbons (Fsp3) is 0.429. The van der Waals surface area contributed by atoms with Crippen LogP contribution in [0.1, 0.15) is 6.42 Å². The first kappa shape index (κ1) is 16.5. The van der Waals surface area contributed by atoms with Crippen molar-refractivity contribution in [3.8, 4) is 11.4 Å². The summed E-state index contributed by atoms with van der Waals surface area (Å²) in [4.78, 5) is 14.8. The maximum Gasteiger partial charge on any atom is 0.246 e. The molecule has 24 heavy (non-hydrogen) atoms. The summed E-state index contributed by atoms with van der Waals surface area (Å²) in [6.45, 7) is -0.138. The third-order valence-corrected chi connectivity index (χ3v) is 5.73. The molecule has 3 rings (SSSR count). The van der Waals surface area contributed by atoms with E-state index in [1.54, 1.807) is 7.05 Å². The highest BCUT2D eigenvalue weighted by Crippen LogP contribution is 2.17. The number of tetrazole rings is 1. The van der Waals surface area contributed by atoms with Crippen molar-refractivity contribution in [3.63, 3.8) is 0 Å². The molecule has 0 saturated carbocycles. The molecule has 1 fully saturated rings. The zero-order chi connectivity index (χ0) is 17.3. The largest absolute Gasteiger partial charge is 0.340 e. The lowest BCUT2D eigenvalue weighted by molar-refractivity contribution is -0.132. The molecule has 0 spiro atoms. The molecule has 1 atom stereocenters. The Kier molecular flexibility index (Phi) is 4.31. The second kappa shape index (κ2) is 6.27. The smallest absolute Gasteiger partial charge is 0.246 e. The highest BCUT2D eigenvalue weighted by Gasteiger charge is 2.32. The number of likely N-dealkylation sites (N-methyl/N-ethyl adjacent to an activating group) is 1. The quantitative estimate of drug-likeness (QED) is 0.775. The van der Waals surface area contributed by atoms with E-state index in [9.17, 15) is 17.6 Å². The minimum absolute atomic E-state index is 0.0130. The van der Waals surface area contributed by atoms with Gasteiger partial charge in [0.2, 0.25) is 11.7 Å². The fourth-order valence-corrected chi connectivity index (χ4v) is 4.32. The Bertz CT molecular complexity index is 850. The van der Waals surface area contributed by atoms with Gasteiger partial charge in [0, 0.05) is 18.7 Å². The molecule has 1 aromatic carbocycles. The molecule has 1 aliphatic rings. The van der Waals surface area contributed by atoms with Gasteiger partial charge in [-0.15, -0.1) is 10.2 Å². The van der Waals surface area contributed by atoms with Crippen molar-refractivity contribution in [2.24, 2.45) is 0 Å². The van der Waals surface area contributed by atoms with Crippen LogP contribution in [0.5, 0.6) is 0 Å². The van der Waals surface area contributed by atoms with Crippen LogP contribution >= 0.6 is 0 Å². The first-order valence-electron chi connectivity index (χ1n) is 7.34. The molecule has 1 aromatic heterocycles. The molecule has 0 bridgehead atoms. The zero-order valence-corrected chi connectivity index (χ0v) is 13.8.